The lowest BCUT2D eigenvalue weighted by molar-refractivity contribution is -0.126. The minimum Gasteiger partial charge on any atom is -0.345 e. The molecule has 0 radical (unpaired) electrons. The van der Waals surface area contributed by atoms with Gasteiger partial charge in [-0.2, -0.15) is 0 Å². The van der Waals surface area contributed by atoms with Crippen molar-refractivity contribution < 1.29 is 13.2 Å². The Morgan fingerprint density at radius 1 is 1.07 bits per heavy atom. The number of nitrogens with one attached hydrogen (secondary N) is 2. The molecule has 1 fully saturated rings. The van der Waals surface area contributed by atoms with E-state index in [1.165, 1.54) is 6.26 Å². The number of benzene rings is 2. The number of amides is 1. The third kappa shape index (κ3) is 5.56. The molecule has 5 nitrogen and oxygen atoms in total. The average molecular weight is 423 g/mol. The predicted molar refractivity (Wildman–Crippen MR) is 114 cm³/mol. The van der Waals surface area contributed by atoms with Gasteiger partial charge in [0.1, 0.15) is 0 Å². The van der Waals surface area contributed by atoms with Crippen LogP contribution in [0, 0.1) is 12.8 Å². The van der Waals surface area contributed by atoms with Gasteiger partial charge < -0.3 is 10.6 Å². The van der Waals surface area contributed by atoms with E-state index in [0.29, 0.717) is 0 Å². The molecule has 2 aromatic carbocycles. The maximum Gasteiger partial charge on any atom is 0.223 e. The van der Waals surface area contributed by atoms with Gasteiger partial charge in [-0.15, -0.1) is 12.4 Å². The first kappa shape index (κ1) is 22.4. The fraction of sp³-hybridized carbons (Fsp3) is 0.381. The largest absolute Gasteiger partial charge is 0.345 e. The first-order chi connectivity index (χ1) is 12.8. The Bertz CT molecular complexity index is 908. The molecule has 0 aromatic heterocycles. The fourth-order valence-corrected chi connectivity index (χ4v) is 4.06. The Kier molecular flexibility index (Phi) is 7.63. The van der Waals surface area contributed by atoms with Crippen LogP contribution in [0.25, 0.3) is 0 Å². The highest BCUT2D eigenvalue weighted by Crippen LogP contribution is 2.26. The van der Waals surface area contributed by atoms with E-state index in [-0.39, 0.29) is 35.2 Å². The summed E-state index contributed by atoms with van der Waals surface area (Å²) in [5, 5.41) is 6.43. The molecule has 1 unspecified atom stereocenters. The zero-order valence-corrected chi connectivity index (χ0v) is 17.8. The van der Waals surface area contributed by atoms with Crippen LogP contribution in [0.4, 0.5) is 0 Å². The molecule has 1 aliphatic rings. The second-order valence-corrected chi connectivity index (χ2v) is 9.24. The van der Waals surface area contributed by atoms with Crippen LogP contribution in [0.5, 0.6) is 0 Å². The monoisotopic (exact) mass is 422 g/mol. The summed E-state index contributed by atoms with van der Waals surface area (Å²) in [5.41, 5.74) is 2.84. The highest BCUT2D eigenvalue weighted by atomic mass is 35.5. The predicted octanol–water partition coefficient (Wildman–Crippen LogP) is 3.03. The summed E-state index contributed by atoms with van der Waals surface area (Å²) < 4.78 is 23.9. The highest BCUT2D eigenvalue weighted by Gasteiger charge is 2.25. The molecule has 0 spiro atoms. The lowest BCUT2D eigenvalue weighted by Gasteiger charge is -2.26. The smallest absolute Gasteiger partial charge is 0.223 e. The molecule has 2 N–H and O–H groups in total. The number of hydrogen-bond donors (Lipinski definition) is 2. The van der Waals surface area contributed by atoms with Crippen LogP contribution in [0.2, 0.25) is 0 Å². The maximum absolute atomic E-state index is 12.8. The van der Waals surface area contributed by atoms with Crippen molar-refractivity contribution in [1.29, 1.82) is 0 Å². The van der Waals surface area contributed by atoms with Crippen LogP contribution < -0.4 is 10.6 Å². The lowest BCUT2D eigenvalue weighted by atomic mass is 9.94. The van der Waals surface area contributed by atoms with Crippen molar-refractivity contribution in [3.8, 4) is 0 Å². The summed E-state index contributed by atoms with van der Waals surface area (Å²) in [4.78, 5) is 13.1. The summed E-state index contributed by atoms with van der Waals surface area (Å²) in [5.74, 6) is 0.00382. The number of carbonyl (C=O) groups is 1. The summed E-state index contributed by atoms with van der Waals surface area (Å²) in [6, 6.07) is 14.4. The Labute approximate surface area is 173 Å². The van der Waals surface area contributed by atoms with Crippen molar-refractivity contribution in [2.45, 2.75) is 30.7 Å². The van der Waals surface area contributed by atoms with Crippen LogP contribution in [0.15, 0.2) is 53.4 Å². The molecule has 28 heavy (non-hydrogen) atoms. The average Bonchev–Trinajstić information content (AvgIpc) is 2.67. The Morgan fingerprint density at radius 2 is 1.71 bits per heavy atom. The second-order valence-electron chi connectivity index (χ2n) is 7.22. The molecule has 0 bridgehead atoms. The van der Waals surface area contributed by atoms with E-state index in [1.807, 2.05) is 37.3 Å². The van der Waals surface area contributed by atoms with Gasteiger partial charge in [-0.05, 0) is 56.1 Å². The van der Waals surface area contributed by atoms with Gasteiger partial charge in [0, 0.05) is 12.2 Å². The van der Waals surface area contributed by atoms with Crippen molar-refractivity contribution in [3.63, 3.8) is 0 Å². The normalized spacial score (nSPS) is 16.1. The summed E-state index contributed by atoms with van der Waals surface area (Å²) >= 11 is 0. The maximum atomic E-state index is 12.8. The molecule has 1 amide bonds. The Balaban J connectivity index is 0.00000280. The van der Waals surface area contributed by atoms with Gasteiger partial charge in [0.2, 0.25) is 5.91 Å². The molecule has 152 valence electrons. The molecule has 1 aliphatic heterocycles. The molecule has 2 aromatic rings. The first-order valence-corrected chi connectivity index (χ1v) is 11.1. The van der Waals surface area contributed by atoms with Crippen LogP contribution >= 0.6 is 12.4 Å². The third-order valence-corrected chi connectivity index (χ3v) is 6.14. The van der Waals surface area contributed by atoms with Crippen LogP contribution in [-0.4, -0.2) is 33.7 Å². The minimum atomic E-state index is -3.32. The lowest BCUT2D eigenvalue weighted by Crippen LogP contribution is -2.40. The molecule has 0 saturated carbocycles. The van der Waals surface area contributed by atoms with Crippen molar-refractivity contribution >= 4 is 28.2 Å². The number of hydrogen-bond acceptors (Lipinski definition) is 4. The van der Waals surface area contributed by atoms with Gasteiger partial charge in [0.05, 0.1) is 10.9 Å². The van der Waals surface area contributed by atoms with E-state index in [0.717, 1.165) is 42.6 Å². The topological polar surface area (TPSA) is 75.3 Å². The zero-order chi connectivity index (χ0) is 19.4. The second kappa shape index (κ2) is 9.54. The van der Waals surface area contributed by atoms with E-state index < -0.39 is 9.84 Å². The van der Waals surface area contributed by atoms with Crippen LogP contribution in [0.1, 0.15) is 35.6 Å². The van der Waals surface area contributed by atoms with E-state index >= 15 is 0 Å². The van der Waals surface area contributed by atoms with Crippen molar-refractivity contribution in [2.75, 3.05) is 19.3 Å². The van der Waals surface area contributed by atoms with E-state index in [9.17, 15) is 13.2 Å². The Morgan fingerprint density at radius 3 is 2.32 bits per heavy atom. The molecule has 1 atom stereocenters. The summed E-state index contributed by atoms with van der Waals surface area (Å²) in [6.07, 6.45) is 2.83. The number of aryl methyl sites for hydroxylation is 1. The highest BCUT2D eigenvalue weighted by molar-refractivity contribution is 7.90. The van der Waals surface area contributed by atoms with Gasteiger partial charge >= 0.3 is 0 Å². The van der Waals surface area contributed by atoms with Gasteiger partial charge in [-0.3, -0.25) is 4.79 Å². The molecule has 1 saturated heterocycles. The molecule has 3 rings (SSSR count). The summed E-state index contributed by atoms with van der Waals surface area (Å²) in [7, 11) is -3.32. The number of rotatable bonds is 5. The van der Waals surface area contributed by atoms with E-state index in [1.54, 1.807) is 18.2 Å². The minimum absolute atomic E-state index is 0. The first-order valence-electron chi connectivity index (χ1n) is 9.22. The third-order valence-electron chi connectivity index (χ3n) is 5.03. The van der Waals surface area contributed by atoms with Gasteiger partial charge in [0.25, 0.3) is 0 Å². The standard InChI is InChI=1S/C21H26N2O3S.ClH/c1-15-6-8-16(9-7-15)20(23-21(24)17-10-12-22-13-11-17)18-4-3-5-19(14-18)27(2,25)26;/h3-9,14,17,20,22H,10-13H2,1-2H3,(H,23,24);1H. The van der Waals surface area contributed by atoms with Crippen LogP contribution in [-0.2, 0) is 14.6 Å². The number of piperidine rings is 1. The molecule has 7 heteroatoms. The molecular weight excluding hydrogens is 396 g/mol. The van der Waals surface area contributed by atoms with Gasteiger partial charge in [-0.1, -0.05) is 42.0 Å². The number of carbonyl (C=O) groups excluding carboxylic acids is 1. The molecule has 1 heterocycles. The number of sulfone groups is 1. The molecular formula is C21H27ClN2O3S. The van der Waals surface area contributed by atoms with Gasteiger partial charge in [0.15, 0.2) is 9.84 Å². The zero-order valence-electron chi connectivity index (χ0n) is 16.1. The van der Waals surface area contributed by atoms with Gasteiger partial charge in [-0.25, -0.2) is 8.42 Å². The van der Waals surface area contributed by atoms with E-state index in [4.69, 9.17) is 0 Å². The SMILES string of the molecule is Cc1ccc(C(NC(=O)C2CCNCC2)c2cccc(S(C)(=O)=O)c2)cc1.Cl. The van der Waals surface area contributed by atoms with Crippen molar-refractivity contribution in [2.24, 2.45) is 5.92 Å². The fourth-order valence-electron chi connectivity index (χ4n) is 3.39. The van der Waals surface area contributed by atoms with Crippen molar-refractivity contribution in [1.82, 2.24) is 10.6 Å². The molecule has 0 aliphatic carbocycles. The van der Waals surface area contributed by atoms with E-state index in [2.05, 4.69) is 10.6 Å². The quantitative estimate of drug-likeness (QED) is 0.776. The Hall–Kier alpha value is -1.89. The van der Waals surface area contributed by atoms with Crippen molar-refractivity contribution in [3.05, 3.63) is 65.2 Å². The summed E-state index contributed by atoms with van der Waals surface area (Å²) in [6.45, 7) is 3.70. The number of halogens is 1. The van der Waals surface area contributed by atoms with Crippen LogP contribution in [0.3, 0.4) is 0 Å².